The summed E-state index contributed by atoms with van der Waals surface area (Å²) < 4.78 is 12.5. The van der Waals surface area contributed by atoms with Gasteiger partial charge >= 0.3 is 0 Å². The molecule has 0 bridgehead atoms. The van der Waals surface area contributed by atoms with Crippen LogP contribution in [-0.2, 0) is 0 Å². The molecule has 12 heavy (non-hydrogen) atoms. The predicted octanol–water partition coefficient (Wildman–Crippen LogP) is 1.19. The second-order valence-electron chi connectivity index (χ2n) is 3.42. The zero-order valence-corrected chi connectivity index (χ0v) is 7.51. The number of halogens is 1. The van der Waals surface area contributed by atoms with Gasteiger partial charge in [0.05, 0.1) is 0 Å². The Balaban J connectivity index is 2.26. The van der Waals surface area contributed by atoms with E-state index in [2.05, 4.69) is 4.90 Å². The molecule has 1 N–H and O–H groups in total. The highest BCUT2D eigenvalue weighted by atomic mass is 19.1. The average Bonchev–Trinajstić information content (AvgIpc) is 2.15. The molecule has 2 nitrogen and oxygen atoms in total. The minimum atomic E-state index is -0.231. The van der Waals surface area contributed by atoms with E-state index in [1.54, 1.807) is 0 Å². The van der Waals surface area contributed by atoms with Gasteiger partial charge in [0.2, 0.25) is 0 Å². The summed E-state index contributed by atoms with van der Waals surface area (Å²) in [6.45, 7) is 1.85. The lowest BCUT2D eigenvalue weighted by Gasteiger charge is -2.33. The van der Waals surface area contributed by atoms with E-state index in [1.807, 2.05) is 0 Å². The molecule has 0 spiro atoms. The van der Waals surface area contributed by atoms with E-state index in [9.17, 15) is 4.39 Å². The van der Waals surface area contributed by atoms with Crippen LogP contribution in [0.3, 0.4) is 0 Å². The van der Waals surface area contributed by atoms with Crippen LogP contribution in [0.5, 0.6) is 0 Å². The lowest BCUT2D eigenvalue weighted by atomic mass is 10.0. The normalized spacial score (nSPS) is 26.0. The van der Waals surface area contributed by atoms with Crippen molar-refractivity contribution in [2.45, 2.75) is 31.7 Å². The number of likely N-dealkylation sites (tertiary alicyclic amines) is 1. The highest BCUT2D eigenvalue weighted by Crippen LogP contribution is 2.17. The molecule has 0 aromatic carbocycles. The second-order valence-corrected chi connectivity index (χ2v) is 3.42. The summed E-state index contributed by atoms with van der Waals surface area (Å²) in [5.41, 5.74) is 0. The van der Waals surface area contributed by atoms with Crippen LogP contribution in [0.1, 0.15) is 25.7 Å². The largest absolute Gasteiger partial charge is 0.396 e. The number of hydrogen-bond acceptors (Lipinski definition) is 2. The van der Waals surface area contributed by atoms with Gasteiger partial charge in [-0.05, 0) is 25.8 Å². The Morgan fingerprint density at radius 1 is 1.42 bits per heavy atom. The number of nitrogens with zero attached hydrogens (tertiary/aromatic N) is 1. The SMILES string of the molecule is OCCCN1CCCCC1CF. The molecule has 0 amide bonds. The molecule has 1 aliphatic heterocycles. The summed E-state index contributed by atoms with van der Waals surface area (Å²) in [6, 6.07) is 0.130. The molecule has 0 radical (unpaired) electrons. The summed E-state index contributed by atoms with van der Waals surface area (Å²) in [4.78, 5) is 2.17. The van der Waals surface area contributed by atoms with E-state index in [0.29, 0.717) is 0 Å². The molecule has 1 aliphatic rings. The van der Waals surface area contributed by atoms with Crippen molar-refractivity contribution in [2.24, 2.45) is 0 Å². The lowest BCUT2D eigenvalue weighted by Crippen LogP contribution is -2.41. The summed E-state index contributed by atoms with van der Waals surface area (Å²) in [6.07, 6.45) is 4.10. The molecular formula is C9H18FNO. The third-order valence-corrected chi connectivity index (χ3v) is 2.53. The maximum Gasteiger partial charge on any atom is 0.105 e. The first kappa shape index (κ1) is 9.93. The third-order valence-electron chi connectivity index (χ3n) is 2.53. The van der Waals surface area contributed by atoms with E-state index in [-0.39, 0.29) is 19.3 Å². The number of alkyl halides is 1. The summed E-state index contributed by atoms with van der Waals surface area (Å²) in [5.74, 6) is 0. The second kappa shape index (κ2) is 5.49. The Labute approximate surface area is 73.4 Å². The van der Waals surface area contributed by atoms with Gasteiger partial charge < -0.3 is 5.11 Å². The van der Waals surface area contributed by atoms with Crippen molar-refractivity contribution in [3.8, 4) is 0 Å². The molecule has 0 saturated carbocycles. The molecule has 0 aromatic rings. The Hall–Kier alpha value is -0.150. The van der Waals surface area contributed by atoms with Gasteiger partial charge in [0.1, 0.15) is 6.67 Å². The van der Waals surface area contributed by atoms with E-state index >= 15 is 0 Å². The van der Waals surface area contributed by atoms with Crippen LogP contribution >= 0.6 is 0 Å². The molecule has 1 unspecified atom stereocenters. The molecule has 1 heterocycles. The first-order chi connectivity index (χ1) is 5.88. The number of rotatable bonds is 4. The maximum atomic E-state index is 12.5. The van der Waals surface area contributed by atoms with Crippen molar-refractivity contribution in [1.82, 2.24) is 4.90 Å². The van der Waals surface area contributed by atoms with Gasteiger partial charge in [-0.25, -0.2) is 4.39 Å². The van der Waals surface area contributed by atoms with Crippen LogP contribution in [0.2, 0.25) is 0 Å². The number of aliphatic hydroxyl groups excluding tert-OH is 1. The van der Waals surface area contributed by atoms with Gasteiger partial charge in [-0.2, -0.15) is 0 Å². The Kier molecular flexibility index (Phi) is 4.54. The number of aliphatic hydroxyl groups is 1. The van der Waals surface area contributed by atoms with Crippen molar-refractivity contribution in [2.75, 3.05) is 26.4 Å². The van der Waals surface area contributed by atoms with Crippen LogP contribution < -0.4 is 0 Å². The van der Waals surface area contributed by atoms with E-state index in [4.69, 9.17) is 5.11 Å². The molecule has 1 atom stereocenters. The van der Waals surface area contributed by atoms with Crippen LogP contribution in [-0.4, -0.2) is 42.4 Å². The van der Waals surface area contributed by atoms with Crippen LogP contribution in [0.25, 0.3) is 0 Å². The molecule has 0 aliphatic carbocycles. The van der Waals surface area contributed by atoms with Crippen molar-refractivity contribution >= 4 is 0 Å². The third kappa shape index (κ3) is 2.72. The highest BCUT2D eigenvalue weighted by molar-refractivity contribution is 4.75. The van der Waals surface area contributed by atoms with Crippen molar-refractivity contribution in [3.05, 3.63) is 0 Å². The van der Waals surface area contributed by atoms with Crippen LogP contribution in [0, 0.1) is 0 Å². The monoisotopic (exact) mass is 175 g/mol. The smallest absolute Gasteiger partial charge is 0.105 e. The fourth-order valence-electron chi connectivity index (χ4n) is 1.80. The van der Waals surface area contributed by atoms with Crippen molar-refractivity contribution in [3.63, 3.8) is 0 Å². The molecule has 72 valence electrons. The molecule has 0 aromatic heterocycles. The fraction of sp³-hybridized carbons (Fsp3) is 1.00. The molecule has 1 saturated heterocycles. The number of piperidine rings is 1. The van der Waals surface area contributed by atoms with Gasteiger partial charge in [0.15, 0.2) is 0 Å². The van der Waals surface area contributed by atoms with Gasteiger partial charge in [-0.1, -0.05) is 6.42 Å². The maximum absolute atomic E-state index is 12.5. The topological polar surface area (TPSA) is 23.5 Å². The summed E-state index contributed by atoms with van der Waals surface area (Å²) in [5, 5.41) is 8.64. The van der Waals surface area contributed by atoms with E-state index in [1.165, 1.54) is 6.42 Å². The first-order valence-corrected chi connectivity index (χ1v) is 4.79. The zero-order chi connectivity index (χ0) is 8.81. The summed E-state index contributed by atoms with van der Waals surface area (Å²) in [7, 11) is 0. The Bertz CT molecular complexity index is 121. The van der Waals surface area contributed by atoms with Gasteiger partial charge in [-0.15, -0.1) is 0 Å². The fourth-order valence-corrected chi connectivity index (χ4v) is 1.80. The minimum absolute atomic E-state index is 0.130. The van der Waals surface area contributed by atoms with Crippen LogP contribution in [0.4, 0.5) is 4.39 Å². The molecule has 3 heteroatoms. The average molecular weight is 175 g/mol. The predicted molar refractivity (Wildman–Crippen MR) is 46.9 cm³/mol. The molecule has 1 rings (SSSR count). The van der Waals surface area contributed by atoms with Gasteiger partial charge in [-0.3, -0.25) is 4.90 Å². The lowest BCUT2D eigenvalue weighted by molar-refractivity contribution is 0.114. The minimum Gasteiger partial charge on any atom is -0.396 e. The van der Waals surface area contributed by atoms with Crippen molar-refractivity contribution in [1.29, 1.82) is 0 Å². The van der Waals surface area contributed by atoms with Gasteiger partial charge in [0, 0.05) is 19.2 Å². The van der Waals surface area contributed by atoms with E-state index in [0.717, 1.165) is 32.4 Å². The quantitative estimate of drug-likeness (QED) is 0.694. The Morgan fingerprint density at radius 3 is 2.92 bits per heavy atom. The molecule has 1 fully saturated rings. The van der Waals surface area contributed by atoms with Gasteiger partial charge in [0.25, 0.3) is 0 Å². The van der Waals surface area contributed by atoms with E-state index < -0.39 is 0 Å². The van der Waals surface area contributed by atoms with Crippen molar-refractivity contribution < 1.29 is 9.50 Å². The van der Waals surface area contributed by atoms with Crippen LogP contribution in [0.15, 0.2) is 0 Å². The highest BCUT2D eigenvalue weighted by Gasteiger charge is 2.20. The molecular weight excluding hydrogens is 157 g/mol. The number of hydrogen-bond donors (Lipinski definition) is 1. The summed E-state index contributed by atoms with van der Waals surface area (Å²) >= 11 is 0. The standard InChI is InChI=1S/C9H18FNO/c10-8-9-4-1-2-5-11(9)6-3-7-12/h9,12H,1-8H2. The first-order valence-electron chi connectivity index (χ1n) is 4.79. The zero-order valence-electron chi connectivity index (χ0n) is 7.51. The Morgan fingerprint density at radius 2 is 2.25 bits per heavy atom.